The number of nitrogens with zero attached hydrogens (tertiary/aromatic N) is 6. The van der Waals surface area contributed by atoms with Crippen LogP contribution >= 0.6 is 0 Å². The van der Waals surface area contributed by atoms with Crippen LogP contribution in [0.25, 0.3) is 44.3 Å². The van der Waals surface area contributed by atoms with Crippen molar-refractivity contribution in [2.24, 2.45) is 7.05 Å². The summed E-state index contributed by atoms with van der Waals surface area (Å²) >= 11 is 0. The van der Waals surface area contributed by atoms with Gasteiger partial charge in [-0.2, -0.15) is 5.10 Å². The van der Waals surface area contributed by atoms with Crippen LogP contribution in [0.4, 0.5) is 5.82 Å². The zero-order valence-electron chi connectivity index (χ0n) is 18.6. The SMILES string of the molecule is Cn1ncc2cc(-c3ccc4nc(-c5cccnc5)nc(NCc5ccccn5)c4c3)ccc21. The molecule has 7 nitrogen and oxygen atoms in total. The first kappa shape index (κ1) is 20.0. The summed E-state index contributed by atoms with van der Waals surface area (Å²) in [5, 5.41) is 9.90. The maximum absolute atomic E-state index is 4.87. The lowest BCUT2D eigenvalue weighted by Crippen LogP contribution is -2.05. The second-order valence-electron chi connectivity index (χ2n) is 8.09. The minimum absolute atomic E-state index is 0.561. The zero-order valence-corrected chi connectivity index (χ0v) is 18.6. The van der Waals surface area contributed by atoms with Gasteiger partial charge in [0.05, 0.1) is 29.5 Å². The minimum atomic E-state index is 0.561. The van der Waals surface area contributed by atoms with E-state index < -0.39 is 0 Å². The highest BCUT2D eigenvalue weighted by Crippen LogP contribution is 2.31. The smallest absolute Gasteiger partial charge is 0.163 e. The fourth-order valence-electron chi connectivity index (χ4n) is 4.09. The van der Waals surface area contributed by atoms with Gasteiger partial charge in [-0.15, -0.1) is 0 Å². The Labute approximate surface area is 196 Å². The van der Waals surface area contributed by atoms with Crippen molar-refractivity contribution in [1.82, 2.24) is 29.7 Å². The van der Waals surface area contributed by atoms with Crippen molar-refractivity contribution in [3.05, 3.63) is 97.2 Å². The van der Waals surface area contributed by atoms with Crippen LogP contribution in [0.3, 0.4) is 0 Å². The number of aryl methyl sites for hydroxylation is 1. The van der Waals surface area contributed by atoms with E-state index in [0.717, 1.165) is 50.0 Å². The first-order valence-electron chi connectivity index (χ1n) is 11.0. The second kappa shape index (κ2) is 8.37. The number of pyridine rings is 2. The van der Waals surface area contributed by atoms with Crippen LogP contribution < -0.4 is 5.32 Å². The maximum atomic E-state index is 4.87. The van der Waals surface area contributed by atoms with Gasteiger partial charge in [0, 0.05) is 42.0 Å². The summed E-state index contributed by atoms with van der Waals surface area (Å²) in [7, 11) is 1.95. The summed E-state index contributed by atoms with van der Waals surface area (Å²) in [4.78, 5) is 18.4. The Kier molecular flexibility index (Phi) is 4.92. The number of anilines is 1. The van der Waals surface area contributed by atoms with E-state index in [1.807, 2.05) is 54.3 Å². The molecule has 0 amide bonds. The first-order valence-corrected chi connectivity index (χ1v) is 11.0. The van der Waals surface area contributed by atoms with Gasteiger partial charge in [-0.3, -0.25) is 14.6 Å². The lowest BCUT2D eigenvalue weighted by Gasteiger charge is -2.12. The normalized spacial score (nSPS) is 11.2. The fourth-order valence-corrected chi connectivity index (χ4v) is 4.09. The van der Waals surface area contributed by atoms with E-state index in [9.17, 15) is 0 Å². The number of fused-ring (bicyclic) bond motifs is 2. The average Bonchev–Trinajstić information content (AvgIpc) is 3.28. The zero-order chi connectivity index (χ0) is 22.9. The average molecular weight is 444 g/mol. The molecule has 0 aliphatic rings. The highest BCUT2D eigenvalue weighted by Gasteiger charge is 2.12. The van der Waals surface area contributed by atoms with Crippen LogP contribution in [-0.2, 0) is 13.6 Å². The lowest BCUT2D eigenvalue weighted by atomic mass is 10.0. The van der Waals surface area contributed by atoms with Crippen LogP contribution in [0.1, 0.15) is 5.69 Å². The summed E-state index contributed by atoms with van der Waals surface area (Å²) in [6.45, 7) is 0.561. The second-order valence-corrected chi connectivity index (χ2v) is 8.09. The molecular weight excluding hydrogens is 422 g/mol. The van der Waals surface area contributed by atoms with E-state index in [0.29, 0.717) is 12.4 Å². The number of benzene rings is 2. The maximum Gasteiger partial charge on any atom is 0.163 e. The molecular formula is C27H21N7. The van der Waals surface area contributed by atoms with Crippen molar-refractivity contribution in [2.45, 2.75) is 6.54 Å². The third-order valence-electron chi connectivity index (χ3n) is 5.86. The molecule has 0 unspecified atom stereocenters. The Balaban J connectivity index is 1.46. The van der Waals surface area contributed by atoms with E-state index in [1.54, 1.807) is 18.6 Å². The third-order valence-corrected chi connectivity index (χ3v) is 5.86. The minimum Gasteiger partial charge on any atom is -0.364 e. The summed E-state index contributed by atoms with van der Waals surface area (Å²) in [6, 6.07) is 22.4. The number of hydrogen-bond donors (Lipinski definition) is 1. The van der Waals surface area contributed by atoms with Gasteiger partial charge in [-0.25, -0.2) is 9.97 Å². The number of rotatable bonds is 5. The third kappa shape index (κ3) is 3.73. The largest absolute Gasteiger partial charge is 0.364 e. The van der Waals surface area contributed by atoms with Crippen LogP contribution in [0, 0.1) is 0 Å². The number of aromatic nitrogens is 6. The fraction of sp³-hybridized carbons (Fsp3) is 0.0741. The summed E-state index contributed by atoms with van der Waals surface area (Å²) in [6.07, 6.45) is 7.21. The van der Waals surface area contributed by atoms with Gasteiger partial charge in [-0.05, 0) is 59.7 Å². The van der Waals surface area contributed by atoms with E-state index in [-0.39, 0.29) is 0 Å². The van der Waals surface area contributed by atoms with Crippen molar-refractivity contribution in [3.63, 3.8) is 0 Å². The molecule has 0 spiro atoms. The molecule has 0 fully saturated rings. The Morgan fingerprint density at radius 3 is 2.59 bits per heavy atom. The number of hydrogen-bond acceptors (Lipinski definition) is 6. The quantitative estimate of drug-likeness (QED) is 0.392. The molecule has 2 aromatic carbocycles. The van der Waals surface area contributed by atoms with E-state index >= 15 is 0 Å². The van der Waals surface area contributed by atoms with E-state index in [2.05, 4.69) is 50.7 Å². The highest BCUT2D eigenvalue weighted by atomic mass is 15.2. The molecule has 0 aliphatic carbocycles. The first-order chi connectivity index (χ1) is 16.7. The van der Waals surface area contributed by atoms with Crippen LogP contribution in [0.2, 0.25) is 0 Å². The van der Waals surface area contributed by atoms with Gasteiger partial charge in [0.25, 0.3) is 0 Å². The van der Waals surface area contributed by atoms with Crippen LogP contribution in [0.15, 0.2) is 91.5 Å². The van der Waals surface area contributed by atoms with Crippen molar-refractivity contribution in [2.75, 3.05) is 5.32 Å². The molecule has 0 atom stereocenters. The Hall–Kier alpha value is -4.65. The molecule has 34 heavy (non-hydrogen) atoms. The lowest BCUT2D eigenvalue weighted by molar-refractivity contribution is 0.797. The van der Waals surface area contributed by atoms with Gasteiger partial charge in [0.15, 0.2) is 5.82 Å². The molecule has 0 saturated heterocycles. The monoisotopic (exact) mass is 443 g/mol. The highest BCUT2D eigenvalue weighted by molar-refractivity contribution is 5.95. The van der Waals surface area contributed by atoms with E-state index in [4.69, 9.17) is 9.97 Å². The Morgan fingerprint density at radius 1 is 0.824 bits per heavy atom. The van der Waals surface area contributed by atoms with Crippen LogP contribution in [-0.4, -0.2) is 29.7 Å². The Morgan fingerprint density at radius 2 is 1.74 bits per heavy atom. The van der Waals surface area contributed by atoms with Crippen molar-refractivity contribution in [1.29, 1.82) is 0 Å². The van der Waals surface area contributed by atoms with Gasteiger partial charge in [0.1, 0.15) is 5.82 Å². The Bertz CT molecular complexity index is 1610. The molecule has 4 heterocycles. The molecule has 6 rings (SSSR count). The summed E-state index contributed by atoms with van der Waals surface area (Å²) < 4.78 is 1.88. The van der Waals surface area contributed by atoms with Crippen molar-refractivity contribution in [3.8, 4) is 22.5 Å². The van der Waals surface area contributed by atoms with E-state index in [1.165, 1.54) is 0 Å². The number of nitrogens with one attached hydrogen (secondary N) is 1. The molecule has 0 saturated carbocycles. The van der Waals surface area contributed by atoms with Gasteiger partial charge in [0.2, 0.25) is 0 Å². The predicted octanol–water partition coefficient (Wildman–Crippen LogP) is 5.25. The van der Waals surface area contributed by atoms with Gasteiger partial charge >= 0.3 is 0 Å². The summed E-state index contributed by atoms with van der Waals surface area (Å²) in [5.41, 5.74) is 5.99. The summed E-state index contributed by atoms with van der Waals surface area (Å²) in [5.74, 6) is 1.40. The molecule has 1 N–H and O–H groups in total. The molecule has 6 aromatic rings. The standard InChI is InChI=1S/C27H21N7/c1-34-25-10-8-18(13-21(25)16-31-34)19-7-9-24-23(14-19)27(30-17-22-6-2-3-12-29-22)33-26(32-24)20-5-4-11-28-15-20/h2-16H,17H2,1H3,(H,30,32,33). The van der Waals surface area contributed by atoms with Crippen molar-refractivity contribution >= 4 is 27.6 Å². The topological polar surface area (TPSA) is 81.4 Å². The molecule has 0 bridgehead atoms. The molecule has 0 radical (unpaired) electrons. The molecule has 4 aromatic heterocycles. The molecule has 0 aliphatic heterocycles. The predicted molar refractivity (Wildman–Crippen MR) is 134 cm³/mol. The van der Waals surface area contributed by atoms with Crippen molar-refractivity contribution < 1.29 is 0 Å². The molecule has 164 valence electrons. The van der Waals surface area contributed by atoms with Crippen LogP contribution in [0.5, 0.6) is 0 Å². The van der Waals surface area contributed by atoms with Gasteiger partial charge < -0.3 is 5.32 Å². The van der Waals surface area contributed by atoms with Gasteiger partial charge in [-0.1, -0.05) is 18.2 Å². The molecule has 7 heteroatoms.